The van der Waals surface area contributed by atoms with Crippen LogP contribution in [0, 0.1) is 0 Å². The molecular formula is C6H12N4Pt. The Bertz CT molecular complexity index is 106. The van der Waals surface area contributed by atoms with E-state index < -0.39 is 0 Å². The summed E-state index contributed by atoms with van der Waals surface area (Å²) in [5.41, 5.74) is 0. The minimum absolute atomic E-state index is 0. The van der Waals surface area contributed by atoms with E-state index in [0.717, 1.165) is 0 Å². The molecule has 4 heterocycles. The molecule has 0 aliphatic carbocycles. The summed E-state index contributed by atoms with van der Waals surface area (Å²) >= 11 is 0. The van der Waals surface area contributed by atoms with Crippen LogP contribution >= 0.6 is 0 Å². The number of nitrogens with zero attached hydrogens (tertiary/aromatic N) is 4. The smallest absolute Gasteiger partial charge is 0.0555 e. The van der Waals surface area contributed by atoms with Gasteiger partial charge in [0.25, 0.3) is 0 Å². The molecule has 0 unspecified atom stereocenters. The van der Waals surface area contributed by atoms with Crippen molar-refractivity contribution >= 4 is 0 Å². The van der Waals surface area contributed by atoms with Crippen molar-refractivity contribution in [3.05, 3.63) is 0 Å². The molecule has 66 valence electrons. The molecule has 4 rings (SSSR count). The van der Waals surface area contributed by atoms with E-state index in [1.807, 2.05) is 0 Å². The predicted molar refractivity (Wildman–Crippen MR) is 36.6 cm³/mol. The third-order valence-electron chi connectivity index (χ3n) is 2.40. The first kappa shape index (κ1) is 8.14. The number of hydrogen-bond donors (Lipinski definition) is 0. The summed E-state index contributed by atoms with van der Waals surface area (Å²) in [6.45, 7) is 7.12. The van der Waals surface area contributed by atoms with Crippen LogP contribution in [0.3, 0.4) is 0 Å². The molecule has 0 aromatic heterocycles. The molecule has 11 heavy (non-hydrogen) atoms. The minimum Gasteiger partial charge on any atom is -0.264 e. The van der Waals surface area contributed by atoms with Gasteiger partial charge in [0.2, 0.25) is 0 Å². The van der Waals surface area contributed by atoms with Gasteiger partial charge in [-0.2, -0.15) is 0 Å². The van der Waals surface area contributed by atoms with Gasteiger partial charge in [-0.05, 0) is 0 Å². The molecule has 0 spiro atoms. The predicted octanol–water partition coefficient (Wildman–Crippen LogP) is -1.02. The molecule has 0 aromatic rings. The molecule has 4 aliphatic rings. The molecule has 0 amide bonds. The molecule has 0 N–H and O–H groups in total. The van der Waals surface area contributed by atoms with Crippen molar-refractivity contribution in [2.45, 2.75) is 0 Å². The number of hydrogen-bond acceptors (Lipinski definition) is 4. The van der Waals surface area contributed by atoms with E-state index in [0.29, 0.717) is 0 Å². The van der Waals surface area contributed by atoms with Gasteiger partial charge in [-0.15, -0.1) is 0 Å². The first-order chi connectivity index (χ1) is 4.90. The summed E-state index contributed by atoms with van der Waals surface area (Å²) in [5.74, 6) is 0. The van der Waals surface area contributed by atoms with Gasteiger partial charge in [-0.25, -0.2) is 0 Å². The molecular weight excluding hydrogens is 323 g/mol. The molecule has 0 aromatic carbocycles. The van der Waals surface area contributed by atoms with E-state index in [9.17, 15) is 0 Å². The normalized spacial score (nSPS) is 52.4. The SMILES string of the molecule is C1N2CN3CN1CN(C2)C3.[Pt]. The summed E-state index contributed by atoms with van der Waals surface area (Å²) in [6.07, 6.45) is 0. The van der Waals surface area contributed by atoms with E-state index >= 15 is 0 Å². The van der Waals surface area contributed by atoms with Crippen molar-refractivity contribution in [2.75, 3.05) is 40.0 Å². The maximum atomic E-state index is 2.47. The Morgan fingerprint density at radius 3 is 0.818 bits per heavy atom. The van der Waals surface area contributed by atoms with Gasteiger partial charge in [-0.3, -0.25) is 19.6 Å². The first-order valence-corrected chi connectivity index (χ1v) is 3.79. The van der Waals surface area contributed by atoms with Crippen LogP contribution in [-0.2, 0) is 21.1 Å². The number of rotatable bonds is 0. The van der Waals surface area contributed by atoms with Crippen molar-refractivity contribution in [2.24, 2.45) is 0 Å². The van der Waals surface area contributed by atoms with E-state index in [4.69, 9.17) is 0 Å². The van der Waals surface area contributed by atoms with Crippen LogP contribution in [0.5, 0.6) is 0 Å². The first-order valence-electron chi connectivity index (χ1n) is 3.79. The average Bonchev–Trinajstić information content (AvgIpc) is 1.82. The van der Waals surface area contributed by atoms with Crippen molar-refractivity contribution in [1.82, 2.24) is 19.6 Å². The summed E-state index contributed by atoms with van der Waals surface area (Å²) < 4.78 is 0. The Balaban J connectivity index is 0.000000480. The fourth-order valence-corrected chi connectivity index (χ4v) is 2.23. The van der Waals surface area contributed by atoms with Crippen molar-refractivity contribution in [3.63, 3.8) is 0 Å². The van der Waals surface area contributed by atoms with Crippen LogP contribution in [0.15, 0.2) is 0 Å². The summed E-state index contributed by atoms with van der Waals surface area (Å²) in [5, 5.41) is 0. The molecule has 4 aliphatic heterocycles. The van der Waals surface area contributed by atoms with E-state index in [1.165, 1.54) is 40.0 Å². The van der Waals surface area contributed by atoms with E-state index in [-0.39, 0.29) is 21.1 Å². The second-order valence-corrected chi connectivity index (χ2v) is 3.53. The maximum Gasteiger partial charge on any atom is 0.0555 e. The zero-order valence-electron chi connectivity index (χ0n) is 6.35. The zero-order valence-corrected chi connectivity index (χ0v) is 8.62. The Labute approximate surface area is 81.0 Å². The third-order valence-corrected chi connectivity index (χ3v) is 2.40. The van der Waals surface area contributed by atoms with Gasteiger partial charge in [0.15, 0.2) is 0 Å². The van der Waals surface area contributed by atoms with Gasteiger partial charge in [0, 0.05) is 21.1 Å². The second kappa shape index (κ2) is 2.78. The maximum absolute atomic E-state index is 2.47. The van der Waals surface area contributed by atoms with Crippen LogP contribution < -0.4 is 0 Å². The molecule has 4 saturated heterocycles. The Kier molecular flexibility index (Phi) is 2.06. The molecule has 5 heteroatoms. The fourth-order valence-electron chi connectivity index (χ4n) is 2.23. The standard InChI is InChI=1S/C6H12N4.Pt/c1-7-2-9-4-8(1)5-10(3-7)6-9;/h1-6H2;. The van der Waals surface area contributed by atoms with Gasteiger partial charge in [0.05, 0.1) is 40.0 Å². The van der Waals surface area contributed by atoms with Crippen LogP contribution in [0.1, 0.15) is 0 Å². The molecule has 4 nitrogen and oxygen atoms in total. The largest absolute Gasteiger partial charge is 0.264 e. The van der Waals surface area contributed by atoms with Gasteiger partial charge in [0.1, 0.15) is 0 Å². The van der Waals surface area contributed by atoms with Crippen molar-refractivity contribution < 1.29 is 21.1 Å². The molecule has 0 saturated carbocycles. The summed E-state index contributed by atoms with van der Waals surface area (Å²) in [6, 6.07) is 0. The minimum atomic E-state index is 0. The average molecular weight is 335 g/mol. The zero-order chi connectivity index (χ0) is 6.55. The molecule has 0 atom stereocenters. The summed E-state index contributed by atoms with van der Waals surface area (Å²) in [4.78, 5) is 9.88. The second-order valence-electron chi connectivity index (χ2n) is 3.53. The Morgan fingerprint density at radius 1 is 0.455 bits per heavy atom. The molecule has 4 fully saturated rings. The van der Waals surface area contributed by atoms with E-state index in [1.54, 1.807) is 0 Å². The van der Waals surface area contributed by atoms with Crippen LogP contribution in [-0.4, -0.2) is 59.6 Å². The molecule has 0 radical (unpaired) electrons. The summed E-state index contributed by atoms with van der Waals surface area (Å²) in [7, 11) is 0. The van der Waals surface area contributed by atoms with Crippen LogP contribution in [0.2, 0.25) is 0 Å². The van der Waals surface area contributed by atoms with Gasteiger partial charge in [-0.1, -0.05) is 0 Å². The van der Waals surface area contributed by atoms with Gasteiger partial charge < -0.3 is 0 Å². The molecule has 4 bridgehead atoms. The van der Waals surface area contributed by atoms with Crippen LogP contribution in [0.4, 0.5) is 0 Å². The van der Waals surface area contributed by atoms with Crippen LogP contribution in [0.25, 0.3) is 0 Å². The van der Waals surface area contributed by atoms with Gasteiger partial charge >= 0.3 is 0 Å². The Hall–Kier alpha value is 0.528. The fraction of sp³-hybridized carbons (Fsp3) is 1.00. The quantitative estimate of drug-likeness (QED) is 0.562. The van der Waals surface area contributed by atoms with Crippen molar-refractivity contribution in [3.8, 4) is 0 Å². The Morgan fingerprint density at radius 2 is 0.636 bits per heavy atom. The van der Waals surface area contributed by atoms with E-state index in [2.05, 4.69) is 19.6 Å². The third kappa shape index (κ3) is 1.27. The monoisotopic (exact) mass is 335 g/mol. The van der Waals surface area contributed by atoms with Crippen molar-refractivity contribution in [1.29, 1.82) is 0 Å². The topological polar surface area (TPSA) is 13.0 Å².